The van der Waals surface area contributed by atoms with Crippen molar-refractivity contribution in [3.8, 4) is 10.4 Å². The SMILES string of the molecule is Cc1cn(C=N)c2ccc(Nc3ncnc4cc(-c5ccccc5)sc34)cc12. The van der Waals surface area contributed by atoms with E-state index in [1.54, 1.807) is 17.7 Å². The van der Waals surface area contributed by atoms with E-state index in [0.717, 1.165) is 38.2 Å². The second kappa shape index (κ2) is 6.58. The van der Waals surface area contributed by atoms with Crippen LogP contribution in [0.5, 0.6) is 0 Å². The lowest BCUT2D eigenvalue weighted by molar-refractivity contribution is 1.22. The molecule has 136 valence electrons. The van der Waals surface area contributed by atoms with E-state index in [1.807, 2.05) is 41.1 Å². The molecule has 3 aromatic heterocycles. The van der Waals surface area contributed by atoms with Gasteiger partial charge in [-0.05, 0) is 42.3 Å². The Morgan fingerprint density at radius 2 is 1.93 bits per heavy atom. The van der Waals surface area contributed by atoms with Crippen molar-refractivity contribution in [3.05, 3.63) is 72.7 Å². The Labute approximate surface area is 165 Å². The molecule has 0 amide bonds. The van der Waals surface area contributed by atoms with Crippen LogP contribution in [-0.2, 0) is 0 Å². The van der Waals surface area contributed by atoms with Gasteiger partial charge in [0.1, 0.15) is 6.33 Å². The fourth-order valence-electron chi connectivity index (χ4n) is 3.43. The highest BCUT2D eigenvalue weighted by Crippen LogP contribution is 2.36. The summed E-state index contributed by atoms with van der Waals surface area (Å²) in [7, 11) is 0. The largest absolute Gasteiger partial charge is 0.339 e. The van der Waals surface area contributed by atoms with Gasteiger partial charge in [-0.3, -0.25) is 5.41 Å². The van der Waals surface area contributed by atoms with Crippen molar-refractivity contribution in [3.63, 3.8) is 0 Å². The average Bonchev–Trinajstić information content (AvgIpc) is 3.31. The molecule has 0 saturated carbocycles. The summed E-state index contributed by atoms with van der Waals surface area (Å²) in [5, 5.41) is 12.1. The molecule has 0 fully saturated rings. The van der Waals surface area contributed by atoms with Crippen molar-refractivity contribution < 1.29 is 0 Å². The highest BCUT2D eigenvalue weighted by atomic mass is 32.1. The van der Waals surface area contributed by atoms with Crippen LogP contribution in [0.4, 0.5) is 11.5 Å². The van der Waals surface area contributed by atoms with Gasteiger partial charge in [-0.15, -0.1) is 11.3 Å². The number of fused-ring (bicyclic) bond motifs is 2. The predicted octanol–water partition coefficient (Wildman–Crippen LogP) is 5.82. The number of anilines is 2. The Balaban J connectivity index is 1.56. The van der Waals surface area contributed by atoms with E-state index in [4.69, 9.17) is 5.41 Å². The lowest BCUT2D eigenvalue weighted by Crippen LogP contribution is -1.95. The van der Waals surface area contributed by atoms with Gasteiger partial charge in [0, 0.05) is 22.1 Å². The highest BCUT2D eigenvalue weighted by Gasteiger charge is 2.11. The Morgan fingerprint density at radius 3 is 2.75 bits per heavy atom. The van der Waals surface area contributed by atoms with E-state index < -0.39 is 0 Å². The standard InChI is InChI=1S/C22H17N5S/c1-14-11-27(12-23)19-8-7-16(9-17(14)19)26-22-21-18(24-13-25-22)10-20(28-21)15-5-3-2-4-6-15/h2-13,23H,1H3,(H,24,25,26). The first-order valence-corrected chi connectivity index (χ1v) is 9.73. The maximum Gasteiger partial charge on any atom is 0.151 e. The van der Waals surface area contributed by atoms with Crippen molar-refractivity contribution in [2.75, 3.05) is 5.32 Å². The first-order chi connectivity index (χ1) is 13.7. The van der Waals surface area contributed by atoms with Crippen LogP contribution in [-0.4, -0.2) is 20.9 Å². The molecule has 0 saturated heterocycles. The monoisotopic (exact) mass is 383 g/mol. The second-order valence-electron chi connectivity index (χ2n) is 6.62. The summed E-state index contributed by atoms with van der Waals surface area (Å²) in [5.41, 5.74) is 5.24. The van der Waals surface area contributed by atoms with Crippen LogP contribution < -0.4 is 5.32 Å². The number of nitrogens with one attached hydrogen (secondary N) is 2. The van der Waals surface area contributed by atoms with Gasteiger partial charge in [-0.2, -0.15) is 0 Å². The Morgan fingerprint density at radius 1 is 1.07 bits per heavy atom. The molecule has 0 spiro atoms. The van der Waals surface area contributed by atoms with E-state index in [1.165, 1.54) is 16.8 Å². The minimum Gasteiger partial charge on any atom is -0.339 e. The number of aromatic nitrogens is 3. The lowest BCUT2D eigenvalue weighted by Gasteiger charge is -2.07. The number of hydrogen-bond donors (Lipinski definition) is 2. The molecule has 0 radical (unpaired) electrons. The molecule has 2 aromatic carbocycles. The summed E-state index contributed by atoms with van der Waals surface area (Å²) in [4.78, 5) is 10.1. The van der Waals surface area contributed by atoms with Crippen LogP contribution in [0.2, 0.25) is 0 Å². The summed E-state index contributed by atoms with van der Waals surface area (Å²) in [6.07, 6.45) is 4.89. The van der Waals surface area contributed by atoms with Gasteiger partial charge >= 0.3 is 0 Å². The zero-order valence-electron chi connectivity index (χ0n) is 15.2. The molecule has 5 aromatic rings. The molecule has 6 heteroatoms. The summed E-state index contributed by atoms with van der Waals surface area (Å²) in [5.74, 6) is 0.806. The minimum atomic E-state index is 0.806. The first kappa shape index (κ1) is 16.6. The maximum atomic E-state index is 7.54. The van der Waals surface area contributed by atoms with Gasteiger partial charge < -0.3 is 9.88 Å². The van der Waals surface area contributed by atoms with E-state index in [0.29, 0.717) is 0 Å². The number of thiophene rings is 1. The molecule has 2 N–H and O–H groups in total. The molecular formula is C22H17N5S. The second-order valence-corrected chi connectivity index (χ2v) is 7.67. The molecule has 5 nitrogen and oxygen atoms in total. The molecule has 0 bridgehead atoms. The number of benzene rings is 2. The Hall–Kier alpha value is -3.51. The molecule has 3 heterocycles. The van der Waals surface area contributed by atoms with E-state index in [9.17, 15) is 0 Å². The number of rotatable bonds is 4. The lowest BCUT2D eigenvalue weighted by atomic mass is 10.1. The molecule has 28 heavy (non-hydrogen) atoms. The first-order valence-electron chi connectivity index (χ1n) is 8.92. The topological polar surface area (TPSA) is 66.6 Å². The number of aryl methyl sites for hydroxylation is 1. The third kappa shape index (κ3) is 2.75. The molecular weight excluding hydrogens is 366 g/mol. The third-order valence-corrected chi connectivity index (χ3v) is 5.98. The third-order valence-electron chi connectivity index (χ3n) is 4.80. The van der Waals surface area contributed by atoms with Gasteiger partial charge in [0.15, 0.2) is 5.82 Å². The van der Waals surface area contributed by atoms with Crippen molar-refractivity contribution >= 4 is 50.3 Å². The fourth-order valence-corrected chi connectivity index (χ4v) is 4.50. The fraction of sp³-hybridized carbons (Fsp3) is 0.0455. The smallest absolute Gasteiger partial charge is 0.151 e. The predicted molar refractivity (Wildman–Crippen MR) is 117 cm³/mol. The van der Waals surface area contributed by atoms with Crippen LogP contribution >= 0.6 is 11.3 Å². The molecule has 0 aliphatic carbocycles. The van der Waals surface area contributed by atoms with Gasteiger partial charge in [-0.1, -0.05) is 30.3 Å². The zero-order chi connectivity index (χ0) is 19.1. The van der Waals surface area contributed by atoms with Crippen LogP contribution in [0.25, 0.3) is 31.6 Å². The maximum absolute atomic E-state index is 7.54. The van der Waals surface area contributed by atoms with Gasteiger partial charge in [0.2, 0.25) is 0 Å². The van der Waals surface area contributed by atoms with Crippen LogP contribution in [0, 0.1) is 12.3 Å². The van der Waals surface area contributed by atoms with Gasteiger partial charge in [0.05, 0.1) is 22.1 Å². The summed E-state index contributed by atoms with van der Waals surface area (Å²) < 4.78 is 2.86. The molecule has 0 atom stereocenters. The van der Waals surface area contributed by atoms with Crippen molar-refractivity contribution in [2.24, 2.45) is 0 Å². The molecule has 0 aliphatic heterocycles. The molecule has 0 aliphatic rings. The van der Waals surface area contributed by atoms with E-state index in [-0.39, 0.29) is 0 Å². The number of nitrogens with zero attached hydrogens (tertiary/aromatic N) is 3. The van der Waals surface area contributed by atoms with Gasteiger partial charge in [0.25, 0.3) is 0 Å². The normalized spacial score (nSPS) is 11.2. The van der Waals surface area contributed by atoms with E-state index in [2.05, 4.69) is 46.5 Å². The summed E-state index contributed by atoms with van der Waals surface area (Å²) >= 11 is 1.69. The van der Waals surface area contributed by atoms with Crippen LogP contribution in [0.3, 0.4) is 0 Å². The van der Waals surface area contributed by atoms with Crippen LogP contribution in [0.15, 0.2) is 67.1 Å². The average molecular weight is 383 g/mol. The Bertz CT molecular complexity index is 1320. The van der Waals surface area contributed by atoms with Crippen LogP contribution in [0.1, 0.15) is 5.56 Å². The summed E-state index contributed by atoms with van der Waals surface area (Å²) in [6, 6.07) is 18.6. The van der Waals surface area contributed by atoms with Crippen molar-refractivity contribution in [1.82, 2.24) is 14.5 Å². The number of hydrogen-bond acceptors (Lipinski definition) is 5. The zero-order valence-corrected chi connectivity index (χ0v) is 16.0. The Kier molecular flexibility index (Phi) is 3.91. The summed E-state index contributed by atoms with van der Waals surface area (Å²) in [6.45, 7) is 2.06. The van der Waals surface area contributed by atoms with Crippen molar-refractivity contribution in [1.29, 1.82) is 5.41 Å². The quantitative estimate of drug-likeness (QED) is 0.303. The minimum absolute atomic E-state index is 0.806. The van der Waals surface area contributed by atoms with Gasteiger partial charge in [-0.25, -0.2) is 9.97 Å². The van der Waals surface area contributed by atoms with Crippen molar-refractivity contribution in [2.45, 2.75) is 6.92 Å². The molecule has 5 rings (SSSR count). The highest BCUT2D eigenvalue weighted by molar-refractivity contribution is 7.22. The van der Waals surface area contributed by atoms with E-state index >= 15 is 0 Å². The molecule has 0 unspecified atom stereocenters.